The summed E-state index contributed by atoms with van der Waals surface area (Å²) in [5.41, 5.74) is -0.553. The standard InChI is InChI=1S/C15H26FNO4/c1-15(2,3)21-14(19)17-9-7-11(12(16)8-10-17)5-6-13(18)20-4/h11-12H,5-10H2,1-4H3/t11-,12+/m0/s1. The summed E-state index contributed by atoms with van der Waals surface area (Å²) >= 11 is 0. The minimum Gasteiger partial charge on any atom is -0.469 e. The number of alkyl halides is 1. The Morgan fingerprint density at radius 3 is 2.43 bits per heavy atom. The van der Waals surface area contributed by atoms with Crippen LogP contribution in [0.3, 0.4) is 0 Å². The summed E-state index contributed by atoms with van der Waals surface area (Å²) in [6.45, 7) is 6.23. The van der Waals surface area contributed by atoms with Crippen molar-refractivity contribution in [2.45, 2.75) is 58.2 Å². The summed E-state index contributed by atoms with van der Waals surface area (Å²) < 4.78 is 24.0. The molecule has 1 aliphatic heterocycles. The molecule has 6 heteroatoms. The first-order valence-corrected chi connectivity index (χ1v) is 7.41. The molecule has 0 saturated carbocycles. The van der Waals surface area contributed by atoms with Crippen molar-refractivity contribution in [2.24, 2.45) is 5.92 Å². The van der Waals surface area contributed by atoms with Gasteiger partial charge in [0, 0.05) is 19.5 Å². The fraction of sp³-hybridized carbons (Fsp3) is 0.867. The number of hydrogen-bond donors (Lipinski definition) is 0. The average molecular weight is 303 g/mol. The number of methoxy groups -OCH3 is 1. The van der Waals surface area contributed by atoms with Gasteiger partial charge in [0.15, 0.2) is 0 Å². The smallest absolute Gasteiger partial charge is 0.410 e. The maximum absolute atomic E-state index is 14.1. The number of rotatable bonds is 3. The second kappa shape index (κ2) is 7.61. The van der Waals surface area contributed by atoms with Crippen LogP contribution in [0.5, 0.6) is 0 Å². The molecule has 1 rings (SSSR count). The highest BCUT2D eigenvalue weighted by Gasteiger charge is 2.30. The first kappa shape index (κ1) is 17.7. The Balaban J connectivity index is 2.51. The number of esters is 1. The molecule has 2 atom stereocenters. The molecule has 1 amide bonds. The van der Waals surface area contributed by atoms with Gasteiger partial charge in [0.25, 0.3) is 0 Å². The zero-order chi connectivity index (χ0) is 16.0. The van der Waals surface area contributed by atoms with Gasteiger partial charge in [-0.1, -0.05) is 0 Å². The molecule has 1 fully saturated rings. The van der Waals surface area contributed by atoms with E-state index in [1.54, 1.807) is 25.7 Å². The number of halogens is 1. The summed E-state index contributed by atoms with van der Waals surface area (Å²) in [5, 5.41) is 0. The molecule has 21 heavy (non-hydrogen) atoms. The predicted octanol–water partition coefficient (Wildman–Crippen LogP) is 2.92. The lowest BCUT2D eigenvalue weighted by Gasteiger charge is -2.26. The first-order chi connectivity index (χ1) is 9.73. The van der Waals surface area contributed by atoms with Crippen molar-refractivity contribution in [3.05, 3.63) is 0 Å². The number of carbonyl (C=O) groups is 2. The van der Waals surface area contributed by atoms with Crippen LogP contribution >= 0.6 is 0 Å². The maximum atomic E-state index is 14.1. The van der Waals surface area contributed by atoms with Crippen molar-refractivity contribution in [1.82, 2.24) is 4.90 Å². The highest BCUT2D eigenvalue weighted by Crippen LogP contribution is 2.26. The molecular weight excluding hydrogens is 277 g/mol. The SMILES string of the molecule is COC(=O)CC[C@H]1CCN(C(=O)OC(C)(C)C)CC[C@H]1F. The summed E-state index contributed by atoms with van der Waals surface area (Å²) in [7, 11) is 1.33. The van der Waals surface area contributed by atoms with E-state index in [2.05, 4.69) is 4.74 Å². The fourth-order valence-corrected chi connectivity index (χ4v) is 2.37. The van der Waals surface area contributed by atoms with Crippen molar-refractivity contribution in [3.63, 3.8) is 0 Å². The zero-order valence-corrected chi connectivity index (χ0v) is 13.4. The second-order valence-electron chi connectivity index (χ2n) is 6.44. The van der Waals surface area contributed by atoms with Gasteiger partial charge in [-0.05, 0) is 46.0 Å². The number of hydrogen-bond acceptors (Lipinski definition) is 4. The normalized spacial score (nSPS) is 23.4. The van der Waals surface area contributed by atoms with E-state index in [0.29, 0.717) is 25.9 Å². The third kappa shape index (κ3) is 6.31. The third-order valence-electron chi connectivity index (χ3n) is 3.55. The number of carbonyl (C=O) groups excluding carboxylic acids is 2. The summed E-state index contributed by atoms with van der Waals surface area (Å²) in [4.78, 5) is 24.7. The van der Waals surface area contributed by atoms with E-state index in [4.69, 9.17) is 4.74 Å². The molecule has 122 valence electrons. The van der Waals surface area contributed by atoms with Gasteiger partial charge < -0.3 is 14.4 Å². The lowest BCUT2D eigenvalue weighted by atomic mass is 9.93. The van der Waals surface area contributed by atoms with Crippen LogP contribution in [-0.4, -0.2) is 48.9 Å². The van der Waals surface area contributed by atoms with Gasteiger partial charge in [-0.25, -0.2) is 9.18 Å². The van der Waals surface area contributed by atoms with Crippen molar-refractivity contribution in [2.75, 3.05) is 20.2 Å². The Morgan fingerprint density at radius 2 is 1.86 bits per heavy atom. The Kier molecular flexibility index (Phi) is 6.42. The van der Waals surface area contributed by atoms with Gasteiger partial charge in [-0.3, -0.25) is 4.79 Å². The van der Waals surface area contributed by atoms with E-state index < -0.39 is 17.9 Å². The first-order valence-electron chi connectivity index (χ1n) is 7.41. The molecule has 0 unspecified atom stereocenters. The van der Waals surface area contributed by atoms with Crippen LogP contribution < -0.4 is 0 Å². The average Bonchev–Trinajstić information content (AvgIpc) is 2.56. The lowest BCUT2D eigenvalue weighted by molar-refractivity contribution is -0.141. The van der Waals surface area contributed by atoms with Gasteiger partial charge in [-0.2, -0.15) is 0 Å². The molecule has 0 aromatic carbocycles. The Morgan fingerprint density at radius 1 is 1.24 bits per heavy atom. The molecule has 1 heterocycles. The van der Waals surface area contributed by atoms with Crippen molar-refractivity contribution in [1.29, 1.82) is 0 Å². The molecule has 0 aliphatic carbocycles. The van der Waals surface area contributed by atoms with Crippen LogP contribution in [0.25, 0.3) is 0 Å². The van der Waals surface area contributed by atoms with Crippen LogP contribution in [0.2, 0.25) is 0 Å². The lowest BCUT2D eigenvalue weighted by Crippen LogP contribution is -2.37. The van der Waals surface area contributed by atoms with E-state index in [1.807, 2.05) is 0 Å². The summed E-state index contributed by atoms with van der Waals surface area (Å²) in [5.74, 6) is -0.535. The molecule has 5 nitrogen and oxygen atoms in total. The van der Waals surface area contributed by atoms with Crippen LogP contribution in [0.4, 0.5) is 9.18 Å². The molecule has 0 spiro atoms. The number of amides is 1. The minimum atomic E-state index is -0.998. The van der Waals surface area contributed by atoms with E-state index in [9.17, 15) is 14.0 Å². The highest BCUT2D eigenvalue weighted by molar-refractivity contribution is 5.69. The van der Waals surface area contributed by atoms with Crippen LogP contribution in [0.15, 0.2) is 0 Å². The molecule has 0 aromatic heterocycles. The number of nitrogens with zero attached hydrogens (tertiary/aromatic N) is 1. The molecule has 0 aromatic rings. The van der Waals surface area contributed by atoms with Gasteiger partial charge >= 0.3 is 12.1 Å². The van der Waals surface area contributed by atoms with E-state index >= 15 is 0 Å². The topological polar surface area (TPSA) is 55.8 Å². The molecule has 1 aliphatic rings. The molecule has 0 radical (unpaired) electrons. The Labute approximate surface area is 125 Å². The Hall–Kier alpha value is -1.33. The molecular formula is C15H26FNO4. The minimum absolute atomic E-state index is 0.212. The molecule has 0 N–H and O–H groups in total. The highest BCUT2D eigenvalue weighted by atomic mass is 19.1. The fourth-order valence-electron chi connectivity index (χ4n) is 2.37. The van der Waals surface area contributed by atoms with E-state index in [1.165, 1.54) is 7.11 Å². The van der Waals surface area contributed by atoms with Crippen molar-refractivity contribution >= 4 is 12.1 Å². The van der Waals surface area contributed by atoms with Gasteiger partial charge in [0.2, 0.25) is 0 Å². The number of likely N-dealkylation sites (tertiary alicyclic amines) is 1. The Bertz CT molecular complexity index is 367. The zero-order valence-electron chi connectivity index (χ0n) is 13.4. The summed E-state index contributed by atoms with van der Waals surface area (Å²) in [6, 6.07) is 0. The molecule has 1 saturated heterocycles. The van der Waals surface area contributed by atoms with Crippen molar-refractivity contribution < 1.29 is 23.5 Å². The van der Waals surface area contributed by atoms with E-state index in [0.717, 1.165) is 0 Å². The monoisotopic (exact) mass is 303 g/mol. The maximum Gasteiger partial charge on any atom is 0.410 e. The van der Waals surface area contributed by atoms with Crippen LogP contribution in [0.1, 0.15) is 46.5 Å². The number of ether oxygens (including phenoxy) is 2. The van der Waals surface area contributed by atoms with Crippen molar-refractivity contribution in [3.8, 4) is 0 Å². The predicted molar refractivity (Wildman–Crippen MR) is 76.7 cm³/mol. The van der Waals surface area contributed by atoms with Crippen LogP contribution in [0, 0.1) is 5.92 Å². The van der Waals surface area contributed by atoms with Gasteiger partial charge in [-0.15, -0.1) is 0 Å². The van der Waals surface area contributed by atoms with Crippen LogP contribution in [-0.2, 0) is 14.3 Å². The van der Waals surface area contributed by atoms with Gasteiger partial charge in [0.05, 0.1) is 7.11 Å². The third-order valence-corrected chi connectivity index (χ3v) is 3.55. The second-order valence-corrected chi connectivity index (χ2v) is 6.44. The van der Waals surface area contributed by atoms with E-state index in [-0.39, 0.29) is 24.7 Å². The molecule has 0 bridgehead atoms. The largest absolute Gasteiger partial charge is 0.469 e. The van der Waals surface area contributed by atoms with Gasteiger partial charge in [0.1, 0.15) is 11.8 Å². The summed E-state index contributed by atoms with van der Waals surface area (Å²) in [6.07, 6.45) is 0.0948. The quantitative estimate of drug-likeness (QED) is 0.752.